The monoisotopic (exact) mass is 504 g/mol. The van der Waals surface area contributed by atoms with Gasteiger partial charge in [0.05, 0.1) is 11.0 Å². The van der Waals surface area contributed by atoms with Crippen LogP contribution in [-0.2, 0) is 0 Å². The van der Waals surface area contributed by atoms with Gasteiger partial charge in [0, 0.05) is 22.3 Å². The number of benzene rings is 4. The van der Waals surface area contributed by atoms with Crippen LogP contribution in [-0.4, -0.2) is 11.7 Å². The topological polar surface area (TPSA) is 86.8 Å². The molecule has 5 N–H and O–H groups in total. The van der Waals surface area contributed by atoms with E-state index in [9.17, 15) is 0 Å². The summed E-state index contributed by atoms with van der Waals surface area (Å²) in [7, 11) is 0. The molecule has 0 radical (unpaired) electrons. The van der Waals surface area contributed by atoms with E-state index < -0.39 is 0 Å². The Kier molecular flexibility index (Phi) is 7.83. The molecule has 4 aromatic carbocycles. The number of hydrazine groups is 1. The molecule has 0 amide bonds. The van der Waals surface area contributed by atoms with Crippen LogP contribution in [0.5, 0.6) is 0 Å². The number of anilines is 1. The van der Waals surface area contributed by atoms with Crippen molar-refractivity contribution in [1.29, 1.82) is 0 Å². The van der Waals surface area contributed by atoms with Crippen LogP contribution in [0.1, 0.15) is 28.0 Å². The van der Waals surface area contributed by atoms with Crippen LogP contribution in [0, 0.1) is 0 Å². The third-order valence-corrected chi connectivity index (χ3v) is 7.14. The maximum atomic E-state index is 6.20. The number of para-hydroxylation sites is 1. The lowest BCUT2D eigenvalue weighted by molar-refractivity contribution is 0.735. The second-order valence-corrected chi connectivity index (χ2v) is 9.56. The summed E-state index contributed by atoms with van der Waals surface area (Å²) in [6.07, 6.45) is 3.97. The van der Waals surface area contributed by atoms with Crippen molar-refractivity contribution >= 4 is 29.1 Å². The van der Waals surface area contributed by atoms with Crippen molar-refractivity contribution in [1.82, 2.24) is 16.3 Å². The molecule has 0 spiro atoms. The molecule has 0 unspecified atom stereocenters. The predicted molar refractivity (Wildman–Crippen MR) is 154 cm³/mol. The van der Waals surface area contributed by atoms with Crippen molar-refractivity contribution in [3.63, 3.8) is 0 Å². The predicted octanol–water partition coefficient (Wildman–Crippen LogP) is 5.81. The first-order chi connectivity index (χ1) is 18.3. The number of nitrogens with one attached hydrogen (secondary N) is 3. The van der Waals surface area contributed by atoms with Crippen LogP contribution in [0.2, 0.25) is 0 Å². The minimum Gasteiger partial charge on any atom is -0.398 e. The first-order valence-corrected chi connectivity index (χ1v) is 12.9. The van der Waals surface area contributed by atoms with Crippen molar-refractivity contribution in [2.45, 2.75) is 16.2 Å². The summed E-state index contributed by atoms with van der Waals surface area (Å²) < 4.78 is 0. The van der Waals surface area contributed by atoms with Gasteiger partial charge in [-0.1, -0.05) is 103 Å². The molecule has 37 heavy (non-hydrogen) atoms. The highest BCUT2D eigenvalue weighted by Gasteiger charge is 2.23. The molecule has 6 nitrogen and oxygen atoms in total. The molecule has 5 rings (SSSR count). The summed E-state index contributed by atoms with van der Waals surface area (Å²) in [6, 6.07) is 38.3. The highest BCUT2D eigenvalue weighted by molar-refractivity contribution is 7.99. The number of nitrogens with two attached hydrogens (primary N) is 1. The number of nitrogens with zero attached hydrogens (tertiary/aromatic N) is 2. The largest absolute Gasteiger partial charge is 0.398 e. The molecule has 1 aliphatic heterocycles. The van der Waals surface area contributed by atoms with Crippen LogP contribution in [0.3, 0.4) is 0 Å². The lowest BCUT2D eigenvalue weighted by atomic mass is 9.97. The fourth-order valence-corrected chi connectivity index (χ4v) is 5.07. The van der Waals surface area contributed by atoms with Crippen LogP contribution >= 0.6 is 11.8 Å². The summed E-state index contributed by atoms with van der Waals surface area (Å²) in [5.74, 6) is 0.536. The Morgan fingerprint density at radius 1 is 0.811 bits per heavy atom. The van der Waals surface area contributed by atoms with Gasteiger partial charge in [0.1, 0.15) is 6.04 Å². The van der Waals surface area contributed by atoms with Crippen molar-refractivity contribution in [3.8, 4) is 0 Å². The van der Waals surface area contributed by atoms with Gasteiger partial charge < -0.3 is 11.2 Å². The summed E-state index contributed by atoms with van der Waals surface area (Å²) >= 11 is 1.70. The van der Waals surface area contributed by atoms with Crippen molar-refractivity contribution in [3.05, 3.63) is 144 Å². The molecule has 4 aromatic rings. The average Bonchev–Trinajstić information content (AvgIpc) is 2.97. The lowest BCUT2D eigenvalue weighted by Gasteiger charge is -2.23. The van der Waals surface area contributed by atoms with E-state index in [-0.39, 0.29) is 11.3 Å². The smallest absolute Gasteiger partial charge is 0.232 e. The third-order valence-electron chi connectivity index (χ3n) is 5.83. The second kappa shape index (κ2) is 12.0. The number of hydrazone groups is 1. The quantitative estimate of drug-likeness (QED) is 0.138. The molecule has 0 saturated heterocycles. The molecule has 184 valence electrons. The summed E-state index contributed by atoms with van der Waals surface area (Å²) in [5.41, 5.74) is 20.5. The molecule has 0 aromatic heterocycles. The minimum absolute atomic E-state index is 0.0706. The first-order valence-electron chi connectivity index (χ1n) is 12.0. The van der Waals surface area contributed by atoms with E-state index in [1.54, 1.807) is 11.8 Å². The van der Waals surface area contributed by atoms with E-state index >= 15 is 0 Å². The van der Waals surface area contributed by atoms with Gasteiger partial charge in [-0.2, -0.15) is 5.10 Å². The number of nitrogen functional groups attached to an aromatic ring is 1. The molecule has 0 saturated carbocycles. The van der Waals surface area contributed by atoms with Crippen LogP contribution in [0.4, 0.5) is 5.69 Å². The molecule has 0 aliphatic carbocycles. The van der Waals surface area contributed by atoms with E-state index in [2.05, 4.69) is 51.7 Å². The van der Waals surface area contributed by atoms with E-state index in [1.807, 2.05) is 97.2 Å². The molecular formula is C30H28N6S. The number of thioether (sulfide) groups is 1. The Morgan fingerprint density at radius 2 is 1.46 bits per heavy atom. The fourth-order valence-electron chi connectivity index (χ4n) is 3.98. The average molecular weight is 505 g/mol. The summed E-state index contributed by atoms with van der Waals surface area (Å²) in [4.78, 5) is 5.95. The van der Waals surface area contributed by atoms with Crippen LogP contribution < -0.4 is 22.0 Å². The zero-order valence-corrected chi connectivity index (χ0v) is 21.0. The zero-order chi connectivity index (χ0) is 25.3. The Hall–Kier alpha value is -4.49. The number of hydrogen-bond donors (Lipinski definition) is 4. The SMILES string of the molecule is Nc1ccccc1S[C@@H](/C=C/NNC1=N[C@H](c2ccccc2)C(c2ccccc2)=NN1)c1ccccc1. The number of rotatable bonds is 8. The van der Waals surface area contributed by atoms with Gasteiger partial charge in [-0.05, 0) is 29.3 Å². The Labute approximate surface area is 221 Å². The van der Waals surface area contributed by atoms with Gasteiger partial charge in [0.15, 0.2) is 0 Å². The van der Waals surface area contributed by atoms with E-state index in [4.69, 9.17) is 10.7 Å². The highest BCUT2D eigenvalue weighted by Crippen LogP contribution is 2.38. The van der Waals surface area contributed by atoms with Gasteiger partial charge in [-0.3, -0.25) is 5.43 Å². The van der Waals surface area contributed by atoms with E-state index in [1.165, 1.54) is 5.56 Å². The summed E-state index contributed by atoms with van der Waals surface area (Å²) in [5, 5.41) is 4.73. The van der Waals surface area contributed by atoms with Crippen molar-refractivity contribution in [2.24, 2.45) is 10.1 Å². The van der Waals surface area contributed by atoms with Gasteiger partial charge in [-0.25, -0.2) is 10.4 Å². The van der Waals surface area contributed by atoms with Crippen LogP contribution in [0.25, 0.3) is 0 Å². The molecule has 2 atom stereocenters. The molecule has 1 aliphatic rings. The Morgan fingerprint density at radius 3 is 2.19 bits per heavy atom. The number of aliphatic imine (C=N–C) groups is 1. The van der Waals surface area contributed by atoms with Crippen LogP contribution in [0.15, 0.2) is 143 Å². The second-order valence-electron chi connectivity index (χ2n) is 8.38. The van der Waals surface area contributed by atoms with Gasteiger partial charge in [0.25, 0.3) is 0 Å². The maximum absolute atomic E-state index is 6.20. The molecule has 1 heterocycles. The maximum Gasteiger partial charge on any atom is 0.232 e. The fraction of sp³-hybridized carbons (Fsp3) is 0.0667. The minimum atomic E-state index is -0.230. The van der Waals surface area contributed by atoms with Gasteiger partial charge in [0.2, 0.25) is 5.96 Å². The highest BCUT2D eigenvalue weighted by atomic mass is 32.2. The van der Waals surface area contributed by atoms with Crippen molar-refractivity contribution < 1.29 is 0 Å². The molecule has 0 fully saturated rings. The standard InChI is InChI=1S/C30H28N6S/c31-25-18-10-11-19-27(25)37-26(22-12-4-1-5-13-22)20-21-32-35-30-33-28(23-14-6-2-7-15-23)29(34-36-30)24-16-8-3-9-17-24/h1-21,26,28,32H,31H2,(H2,33,35,36)/b21-20+/t26-,28+/m0/s1. The molecule has 0 bridgehead atoms. The van der Waals surface area contributed by atoms with E-state index in [0.717, 1.165) is 27.4 Å². The summed E-state index contributed by atoms with van der Waals surface area (Å²) in [6.45, 7) is 0. The lowest BCUT2D eigenvalue weighted by Crippen LogP contribution is -2.44. The number of guanidine groups is 1. The van der Waals surface area contributed by atoms with Gasteiger partial charge in [-0.15, -0.1) is 11.8 Å². The molecule has 7 heteroatoms. The Balaban J connectivity index is 1.30. The third kappa shape index (κ3) is 6.20. The van der Waals surface area contributed by atoms with Gasteiger partial charge >= 0.3 is 0 Å². The zero-order valence-electron chi connectivity index (χ0n) is 20.2. The number of hydrogen-bond acceptors (Lipinski definition) is 7. The van der Waals surface area contributed by atoms with Crippen molar-refractivity contribution in [2.75, 3.05) is 5.73 Å². The molecular weight excluding hydrogens is 476 g/mol. The normalized spacial score (nSPS) is 15.8. The van der Waals surface area contributed by atoms with E-state index in [0.29, 0.717) is 5.96 Å². The first kappa shape index (κ1) is 24.2. The Bertz CT molecular complexity index is 1390.